The van der Waals surface area contributed by atoms with Crippen molar-refractivity contribution in [1.82, 2.24) is 19.9 Å². The summed E-state index contributed by atoms with van der Waals surface area (Å²) in [6.45, 7) is 1.43. The van der Waals surface area contributed by atoms with Crippen molar-refractivity contribution in [2.75, 3.05) is 20.3 Å². The van der Waals surface area contributed by atoms with Crippen LogP contribution in [0.2, 0.25) is 0 Å². The molecule has 0 aliphatic rings. The Morgan fingerprint density at radius 2 is 2.11 bits per heavy atom. The van der Waals surface area contributed by atoms with E-state index in [1.54, 1.807) is 7.11 Å². The van der Waals surface area contributed by atoms with Gasteiger partial charge in [-0.05, 0) is 12.1 Å². The smallest absolute Gasteiger partial charge is 0.383 e. The van der Waals surface area contributed by atoms with Gasteiger partial charge < -0.3 is 10.1 Å². The summed E-state index contributed by atoms with van der Waals surface area (Å²) in [4.78, 5) is 0. The second-order valence-corrected chi connectivity index (χ2v) is 3.93. The van der Waals surface area contributed by atoms with E-state index in [0.29, 0.717) is 31.2 Å². The quantitative estimate of drug-likeness (QED) is 0.839. The van der Waals surface area contributed by atoms with E-state index < -0.39 is 11.7 Å². The zero-order valence-corrected chi connectivity index (χ0v) is 10.2. The SMILES string of the molecule is COCCNCc1nnc2ccc(C(F)(F)F)cn12. The monoisotopic (exact) mass is 274 g/mol. The number of halogens is 3. The van der Waals surface area contributed by atoms with Gasteiger partial charge in [0.05, 0.1) is 18.7 Å². The lowest BCUT2D eigenvalue weighted by atomic mass is 10.3. The Hall–Kier alpha value is -1.67. The van der Waals surface area contributed by atoms with Crippen molar-refractivity contribution in [3.63, 3.8) is 0 Å². The molecule has 8 heteroatoms. The standard InChI is InChI=1S/C11H13F3N4O/c1-19-5-4-15-6-10-17-16-9-3-2-8(7-18(9)10)11(12,13)14/h2-3,7,15H,4-6H2,1H3. The predicted molar refractivity (Wildman–Crippen MR) is 61.6 cm³/mol. The highest BCUT2D eigenvalue weighted by Gasteiger charge is 2.31. The Balaban J connectivity index is 2.20. The average molecular weight is 274 g/mol. The molecule has 5 nitrogen and oxygen atoms in total. The Labute approximate surface area is 107 Å². The summed E-state index contributed by atoms with van der Waals surface area (Å²) in [5.74, 6) is 0.428. The van der Waals surface area contributed by atoms with E-state index in [1.165, 1.54) is 10.5 Å². The fourth-order valence-corrected chi connectivity index (χ4v) is 1.60. The van der Waals surface area contributed by atoms with E-state index in [9.17, 15) is 13.2 Å². The zero-order chi connectivity index (χ0) is 13.9. The van der Waals surface area contributed by atoms with Gasteiger partial charge in [0.15, 0.2) is 11.5 Å². The molecule has 104 valence electrons. The number of hydrogen-bond donors (Lipinski definition) is 1. The average Bonchev–Trinajstić information content (AvgIpc) is 2.76. The molecular weight excluding hydrogens is 261 g/mol. The van der Waals surface area contributed by atoms with E-state index in [-0.39, 0.29) is 0 Å². The molecule has 2 heterocycles. The van der Waals surface area contributed by atoms with Crippen molar-refractivity contribution >= 4 is 5.65 Å². The number of ether oxygens (including phenoxy) is 1. The number of nitrogens with one attached hydrogen (secondary N) is 1. The topological polar surface area (TPSA) is 51.5 Å². The van der Waals surface area contributed by atoms with Crippen molar-refractivity contribution in [3.05, 3.63) is 29.7 Å². The van der Waals surface area contributed by atoms with Gasteiger partial charge in [-0.3, -0.25) is 4.40 Å². The van der Waals surface area contributed by atoms with E-state index in [1.807, 2.05) is 0 Å². The number of nitrogens with zero attached hydrogens (tertiary/aromatic N) is 3. The highest BCUT2D eigenvalue weighted by Crippen LogP contribution is 2.29. The van der Waals surface area contributed by atoms with Crippen LogP contribution in [0.5, 0.6) is 0 Å². The summed E-state index contributed by atoms with van der Waals surface area (Å²) in [6.07, 6.45) is -3.37. The second-order valence-electron chi connectivity index (χ2n) is 3.93. The summed E-state index contributed by atoms with van der Waals surface area (Å²) < 4.78 is 44.1. The minimum Gasteiger partial charge on any atom is -0.383 e. The lowest BCUT2D eigenvalue weighted by molar-refractivity contribution is -0.137. The first-order chi connectivity index (χ1) is 9.02. The van der Waals surface area contributed by atoms with Crippen LogP contribution < -0.4 is 5.32 Å². The summed E-state index contributed by atoms with van der Waals surface area (Å²) in [5, 5.41) is 10.7. The van der Waals surface area contributed by atoms with Gasteiger partial charge >= 0.3 is 6.18 Å². The van der Waals surface area contributed by atoms with Crippen molar-refractivity contribution in [3.8, 4) is 0 Å². The molecule has 0 aliphatic carbocycles. The van der Waals surface area contributed by atoms with Crippen LogP contribution in [0.1, 0.15) is 11.4 Å². The van der Waals surface area contributed by atoms with Crippen molar-refractivity contribution in [2.24, 2.45) is 0 Å². The molecule has 2 rings (SSSR count). The Bertz CT molecular complexity index is 552. The fraction of sp³-hybridized carbons (Fsp3) is 0.455. The maximum absolute atomic E-state index is 12.6. The predicted octanol–water partition coefficient (Wildman–Crippen LogP) is 1.48. The minimum absolute atomic E-state index is 0.325. The third kappa shape index (κ3) is 3.21. The van der Waals surface area contributed by atoms with Gasteiger partial charge in [-0.25, -0.2) is 0 Å². The number of hydrogen-bond acceptors (Lipinski definition) is 4. The Kier molecular flexibility index (Phi) is 4.01. The molecule has 2 aromatic rings. The van der Waals surface area contributed by atoms with Gasteiger partial charge in [-0.2, -0.15) is 13.2 Å². The van der Waals surface area contributed by atoms with Crippen LogP contribution in [0.3, 0.4) is 0 Å². The first-order valence-corrected chi connectivity index (χ1v) is 5.63. The maximum Gasteiger partial charge on any atom is 0.417 e. The van der Waals surface area contributed by atoms with Crippen molar-refractivity contribution < 1.29 is 17.9 Å². The third-order valence-electron chi connectivity index (χ3n) is 2.57. The molecule has 1 N–H and O–H groups in total. The lowest BCUT2D eigenvalue weighted by Crippen LogP contribution is -2.20. The third-order valence-corrected chi connectivity index (χ3v) is 2.57. The summed E-state index contributed by atoms with van der Waals surface area (Å²) in [7, 11) is 1.57. The normalized spacial score (nSPS) is 12.2. The number of aromatic nitrogens is 3. The Morgan fingerprint density at radius 3 is 2.79 bits per heavy atom. The first kappa shape index (κ1) is 13.8. The zero-order valence-electron chi connectivity index (χ0n) is 10.2. The molecule has 0 unspecified atom stereocenters. The number of pyridine rings is 1. The van der Waals surface area contributed by atoms with E-state index >= 15 is 0 Å². The van der Waals surface area contributed by atoms with Gasteiger partial charge in [-0.15, -0.1) is 10.2 Å². The number of methoxy groups -OCH3 is 1. The van der Waals surface area contributed by atoms with Crippen LogP contribution in [0.25, 0.3) is 5.65 Å². The fourth-order valence-electron chi connectivity index (χ4n) is 1.60. The van der Waals surface area contributed by atoms with Crippen LogP contribution in [0, 0.1) is 0 Å². The molecule has 0 saturated carbocycles. The highest BCUT2D eigenvalue weighted by atomic mass is 19.4. The van der Waals surface area contributed by atoms with E-state index in [4.69, 9.17) is 4.74 Å². The number of alkyl halides is 3. The lowest BCUT2D eigenvalue weighted by Gasteiger charge is -2.07. The van der Waals surface area contributed by atoms with Crippen LogP contribution in [-0.2, 0) is 17.5 Å². The van der Waals surface area contributed by atoms with Gasteiger partial charge in [0.2, 0.25) is 0 Å². The first-order valence-electron chi connectivity index (χ1n) is 5.63. The van der Waals surface area contributed by atoms with E-state index in [0.717, 1.165) is 12.3 Å². The molecule has 0 bridgehead atoms. The van der Waals surface area contributed by atoms with Gasteiger partial charge in [-0.1, -0.05) is 0 Å². The van der Waals surface area contributed by atoms with E-state index in [2.05, 4.69) is 15.5 Å². The van der Waals surface area contributed by atoms with Gasteiger partial charge in [0, 0.05) is 19.9 Å². The molecular formula is C11H13F3N4O. The molecule has 0 aliphatic heterocycles. The van der Waals surface area contributed by atoms with Crippen LogP contribution >= 0.6 is 0 Å². The largest absolute Gasteiger partial charge is 0.417 e. The molecule has 19 heavy (non-hydrogen) atoms. The Morgan fingerprint density at radius 1 is 1.32 bits per heavy atom. The second kappa shape index (κ2) is 5.54. The minimum atomic E-state index is -4.38. The van der Waals surface area contributed by atoms with Crippen LogP contribution in [0.15, 0.2) is 18.3 Å². The molecule has 0 atom stereocenters. The van der Waals surface area contributed by atoms with Gasteiger partial charge in [0.25, 0.3) is 0 Å². The van der Waals surface area contributed by atoms with Crippen molar-refractivity contribution in [1.29, 1.82) is 0 Å². The summed E-state index contributed by atoms with van der Waals surface area (Å²) >= 11 is 0. The molecule has 0 saturated heterocycles. The summed E-state index contributed by atoms with van der Waals surface area (Å²) in [5.41, 5.74) is -0.338. The molecule has 0 aromatic carbocycles. The summed E-state index contributed by atoms with van der Waals surface area (Å²) in [6, 6.07) is 2.29. The van der Waals surface area contributed by atoms with Gasteiger partial charge in [0.1, 0.15) is 0 Å². The van der Waals surface area contributed by atoms with Crippen LogP contribution in [0.4, 0.5) is 13.2 Å². The maximum atomic E-state index is 12.6. The van der Waals surface area contributed by atoms with Crippen molar-refractivity contribution in [2.45, 2.75) is 12.7 Å². The molecule has 0 radical (unpaired) electrons. The molecule has 2 aromatic heterocycles. The molecule has 0 amide bonds. The molecule has 0 spiro atoms. The number of rotatable bonds is 5. The van der Waals surface area contributed by atoms with Crippen LogP contribution in [-0.4, -0.2) is 34.9 Å². The molecule has 0 fully saturated rings. The number of fused-ring (bicyclic) bond motifs is 1. The highest BCUT2D eigenvalue weighted by molar-refractivity contribution is 5.40.